The summed E-state index contributed by atoms with van der Waals surface area (Å²) in [5.41, 5.74) is 3.09. The van der Waals surface area contributed by atoms with E-state index in [1.54, 1.807) is 32.0 Å². The monoisotopic (exact) mass is 379 g/mol. The SMILES string of the molecule is CCOP(=O)(Cc1ccc(-c2nc3cc(Cl)ccc3o2)cc1)OCC. The molecule has 3 aromatic rings. The van der Waals surface area contributed by atoms with Gasteiger partial charge in [-0.15, -0.1) is 0 Å². The normalized spacial score (nSPS) is 12.0. The Morgan fingerprint density at radius 3 is 2.40 bits per heavy atom. The molecule has 0 saturated heterocycles. The van der Waals surface area contributed by atoms with Gasteiger partial charge in [0.15, 0.2) is 5.58 Å². The first kappa shape index (κ1) is 18.2. The minimum atomic E-state index is -3.11. The van der Waals surface area contributed by atoms with Gasteiger partial charge in [-0.3, -0.25) is 4.57 Å². The molecule has 0 amide bonds. The first-order chi connectivity index (χ1) is 12.0. The first-order valence-electron chi connectivity index (χ1n) is 8.06. The molecule has 0 spiro atoms. The number of hydrogen-bond donors (Lipinski definition) is 0. The van der Waals surface area contributed by atoms with E-state index in [1.807, 2.05) is 24.3 Å². The second kappa shape index (κ2) is 7.71. The Morgan fingerprint density at radius 2 is 1.76 bits per heavy atom. The number of rotatable bonds is 7. The quantitative estimate of drug-likeness (QED) is 0.477. The van der Waals surface area contributed by atoms with Crippen molar-refractivity contribution in [3.63, 3.8) is 0 Å². The summed E-state index contributed by atoms with van der Waals surface area (Å²) in [7, 11) is -3.11. The van der Waals surface area contributed by atoms with E-state index in [2.05, 4.69) is 4.98 Å². The van der Waals surface area contributed by atoms with Crippen LogP contribution in [-0.2, 0) is 19.8 Å². The van der Waals surface area contributed by atoms with Crippen LogP contribution in [0.2, 0.25) is 5.02 Å². The highest BCUT2D eigenvalue weighted by Gasteiger charge is 2.24. The molecule has 0 aliphatic rings. The number of hydrogen-bond acceptors (Lipinski definition) is 5. The fourth-order valence-corrected chi connectivity index (χ4v) is 4.39. The van der Waals surface area contributed by atoms with Crippen LogP contribution in [-0.4, -0.2) is 18.2 Å². The smallest absolute Gasteiger partial charge is 0.335 e. The van der Waals surface area contributed by atoms with Crippen molar-refractivity contribution in [2.75, 3.05) is 13.2 Å². The summed E-state index contributed by atoms with van der Waals surface area (Å²) in [4.78, 5) is 4.45. The van der Waals surface area contributed by atoms with Crippen molar-refractivity contribution in [1.29, 1.82) is 0 Å². The fraction of sp³-hybridized carbons (Fsp3) is 0.278. The predicted octanol–water partition coefficient (Wildman–Crippen LogP) is 5.91. The molecule has 0 bridgehead atoms. The van der Waals surface area contributed by atoms with Gasteiger partial charge in [-0.2, -0.15) is 0 Å². The molecule has 1 heterocycles. The molecule has 132 valence electrons. The van der Waals surface area contributed by atoms with E-state index in [9.17, 15) is 4.57 Å². The molecule has 0 aliphatic heterocycles. The van der Waals surface area contributed by atoms with Gasteiger partial charge in [-0.25, -0.2) is 4.98 Å². The molecular weight excluding hydrogens is 361 g/mol. The van der Waals surface area contributed by atoms with Crippen LogP contribution in [0, 0.1) is 0 Å². The van der Waals surface area contributed by atoms with Crippen molar-refractivity contribution in [1.82, 2.24) is 4.98 Å². The van der Waals surface area contributed by atoms with Gasteiger partial charge in [0.1, 0.15) is 5.52 Å². The zero-order valence-corrected chi connectivity index (χ0v) is 15.7. The molecule has 0 atom stereocenters. The van der Waals surface area contributed by atoms with Crippen molar-refractivity contribution in [3.8, 4) is 11.5 Å². The van der Waals surface area contributed by atoms with Crippen LogP contribution in [0.1, 0.15) is 19.4 Å². The van der Waals surface area contributed by atoms with Gasteiger partial charge >= 0.3 is 7.60 Å². The van der Waals surface area contributed by atoms with Gasteiger partial charge in [0, 0.05) is 10.6 Å². The minimum absolute atomic E-state index is 0.234. The highest BCUT2D eigenvalue weighted by molar-refractivity contribution is 7.53. The number of fused-ring (bicyclic) bond motifs is 1. The molecule has 3 rings (SSSR count). The second-order valence-electron chi connectivity index (χ2n) is 5.43. The summed E-state index contributed by atoms with van der Waals surface area (Å²) in [6, 6.07) is 12.8. The van der Waals surface area contributed by atoms with Gasteiger partial charge in [0.05, 0.1) is 19.4 Å². The number of nitrogens with zero attached hydrogens (tertiary/aromatic N) is 1. The summed E-state index contributed by atoms with van der Waals surface area (Å²) in [6.07, 6.45) is 0.234. The third-order valence-corrected chi connectivity index (χ3v) is 5.87. The summed E-state index contributed by atoms with van der Waals surface area (Å²) < 4.78 is 29.0. The number of halogens is 1. The third kappa shape index (κ3) is 4.31. The Kier molecular flexibility index (Phi) is 5.60. The zero-order valence-electron chi connectivity index (χ0n) is 14.1. The standard InChI is InChI=1S/C18H19ClNO4P/c1-3-22-25(21,23-4-2)12-13-5-7-14(8-6-13)18-20-16-11-15(19)9-10-17(16)24-18/h5-11H,3-4,12H2,1-2H3. The first-order valence-corrected chi connectivity index (χ1v) is 10.2. The third-order valence-electron chi connectivity index (χ3n) is 3.58. The van der Waals surface area contributed by atoms with Crippen LogP contribution in [0.4, 0.5) is 0 Å². The maximum absolute atomic E-state index is 12.6. The van der Waals surface area contributed by atoms with Gasteiger partial charge in [0.25, 0.3) is 0 Å². The summed E-state index contributed by atoms with van der Waals surface area (Å²) >= 11 is 5.98. The van der Waals surface area contributed by atoms with Crippen LogP contribution in [0.25, 0.3) is 22.6 Å². The van der Waals surface area contributed by atoms with Crippen molar-refractivity contribution < 1.29 is 18.0 Å². The number of benzene rings is 2. The molecule has 0 radical (unpaired) electrons. The molecule has 7 heteroatoms. The fourth-order valence-electron chi connectivity index (χ4n) is 2.52. The van der Waals surface area contributed by atoms with Crippen molar-refractivity contribution in [2.24, 2.45) is 0 Å². The van der Waals surface area contributed by atoms with Crippen molar-refractivity contribution >= 4 is 30.3 Å². The lowest BCUT2D eigenvalue weighted by molar-refractivity contribution is 0.219. The van der Waals surface area contributed by atoms with E-state index < -0.39 is 7.60 Å². The van der Waals surface area contributed by atoms with Gasteiger partial charge in [-0.05, 0) is 49.7 Å². The largest absolute Gasteiger partial charge is 0.436 e. The van der Waals surface area contributed by atoms with E-state index in [-0.39, 0.29) is 6.16 Å². The highest BCUT2D eigenvalue weighted by atomic mass is 35.5. The lowest BCUT2D eigenvalue weighted by atomic mass is 10.1. The minimum Gasteiger partial charge on any atom is -0.436 e. The highest BCUT2D eigenvalue weighted by Crippen LogP contribution is 2.51. The molecule has 0 saturated carbocycles. The van der Waals surface area contributed by atoms with Crippen LogP contribution in [0.3, 0.4) is 0 Å². The lowest BCUT2D eigenvalue weighted by Crippen LogP contribution is -1.99. The Bertz CT molecular complexity index is 897. The van der Waals surface area contributed by atoms with Gasteiger partial charge < -0.3 is 13.5 Å². The molecular formula is C18H19ClNO4P. The zero-order chi connectivity index (χ0) is 17.9. The maximum Gasteiger partial charge on any atom is 0.335 e. The summed E-state index contributed by atoms with van der Waals surface area (Å²) in [5.74, 6) is 0.515. The van der Waals surface area contributed by atoms with Crippen LogP contribution in [0.5, 0.6) is 0 Å². The number of oxazole rings is 1. The second-order valence-corrected chi connectivity index (χ2v) is 7.92. The maximum atomic E-state index is 12.6. The average Bonchev–Trinajstić information content (AvgIpc) is 2.99. The Hall–Kier alpha value is -1.65. The van der Waals surface area contributed by atoms with Gasteiger partial charge in [-0.1, -0.05) is 23.7 Å². The Balaban J connectivity index is 1.82. The van der Waals surface area contributed by atoms with Gasteiger partial charge in [0.2, 0.25) is 5.89 Å². The summed E-state index contributed by atoms with van der Waals surface area (Å²) in [5, 5.41) is 0.616. The van der Waals surface area contributed by atoms with Crippen molar-refractivity contribution in [2.45, 2.75) is 20.0 Å². The van der Waals surface area contributed by atoms with E-state index in [1.165, 1.54) is 0 Å². The molecule has 0 N–H and O–H groups in total. The average molecular weight is 380 g/mol. The van der Waals surface area contributed by atoms with Crippen LogP contribution >= 0.6 is 19.2 Å². The van der Waals surface area contributed by atoms with Crippen LogP contribution < -0.4 is 0 Å². The molecule has 1 aromatic heterocycles. The molecule has 2 aromatic carbocycles. The van der Waals surface area contributed by atoms with Crippen molar-refractivity contribution in [3.05, 3.63) is 53.1 Å². The molecule has 0 fully saturated rings. The predicted molar refractivity (Wildman–Crippen MR) is 99.0 cm³/mol. The summed E-state index contributed by atoms with van der Waals surface area (Å²) in [6.45, 7) is 4.30. The molecule has 5 nitrogen and oxygen atoms in total. The molecule has 0 aliphatic carbocycles. The van der Waals surface area contributed by atoms with E-state index >= 15 is 0 Å². The Morgan fingerprint density at radius 1 is 1.08 bits per heavy atom. The molecule has 25 heavy (non-hydrogen) atoms. The number of aromatic nitrogens is 1. The Labute approximate surface area is 151 Å². The van der Waals surface area contributed by atoms with E-state index in [0.717, 1.165) is 11.1 Å². The topological polar surface area (TPSA) is 61.6 Å². The lowest BCUT2D eigenvalue weighted by Gasteiger charge is -2.16. The van der Waals surface area contributed by atoms with E-state index in [0.29, 0.717) is 35.2 Å². The van der Waals surface area contributed by atoms with Crippen LogP contribution in [0.15, 0.2) is 46.9 Å². The van der Waals surface area contributed by atoms with E-state index in [4.69, 9.17) is 25.1 Å². The molecule has 0 unspecified atom stereocenters.